The SMILES string of the molecule is CCOCc1nc(C(=O)O)c(OCC)o1. The summed E-state index contributed by atoms with van der Waals surface area (Å²) in [5.74, 6) is -1.04. The smallest absolute Gasteiger partial charge is 0.362 e. The third-order valence-electron chi connectivity index (χ3n) is 1.55. The Morgan fingerprint density at radius 2 is 2.20 bits per heavy atom. The van der Waals surface area contributed by atoms with E-state index in [4.69, 9.17) is 19.0 Å². The Labute approximate surface area is 86.8 Å². The molecule has 1 aromatic rings. The third-order valence-corrected chi connectivity index (χ3v) is 1.55. The maximum absolute atomic E-state index is 10.7. The summed E-state index contributed by atoms with van der Waals surface area (Å²) in [6, 6.07) is 0. The molecule has 1 N–H and O–H groups in total. The minimum Gasteiger partial charge on any atom is -0.476 e. The minimum atomic E-state index is -1.18. The quantitative estimate of drug-likeness (QED) is 0.770. The predicted molar refractivity (Wildman–Crippen MR) is 50.0 cm³/mol. The fraction of sp³-hybridized carbons (Fsp3) is 0.556. The molecule has 0 aliphatic rings. The van der Waals surface area contributed by atoms with Crippen LogP contribution in [0.1, 0.15) is 30.2 Å². The van der Waals surface area contributed by atoms with Crippen molar-refractivity contribution in [3.63, 3.8) is 0 Å². The van der Waals surface area contributed by atoms with E-state index in [1.54, 1.807) is 6.92 Å². The van der Waals surface area contributed by atoms with Crippen LogP contribution >= 0.6 is 0 Å². The number of hydrogen-bond acceptors (Lipinski definition) is 5. The van der Waals surface area contributed by atoms with E-state index in [-0.39, 0.29) is 24.1 Å². The van der Waals surface area contributed by atoms with Crippen molar-refractivity contribution in [1.82, 2.24) is 4.98 Å². The first-order chi connectivity index (χ1) is 7.19. The van der Waals surface area contributed by atoms with Gasteiger partial charge >= 0.3 is 11.9 Å². The number of hydrogen-bond donors (Lipinski definition) is 1. The van der Waals surface area contributed by atoms with Gasteiger partial charge in [-0.1, -0.05) is 0 Å². The molecule has 0 atom stereocenters. The van der Waals surface area contributed by atoms with E-state index in [1.165, 1.54) is 0 Å². The number of rotatable bonds is 6. The number of aromatic nitrogens is 1. The highest BCUT2D eigenvalue weighted by Gasteiger charge is 2.20. The van der Waals surface area contributed by atoms with Crippen molar-refractivity contribution in [3.05, 3.63) is 11.6 Å². The molecule has 15 heavy (non-hydrogen) atoms. The Kier molecular flexibility index (Phi) is 4.11. The van der Waals surface area contributed by atoms with Crippen LogP contribution < -0.4 is 4.74 Å². The second-order valence-electron chi connectivity index (χ2n) is 2.62. The number of ether oxygens (including phenoxy) is 2. The number of aromatic carboxylic acids is 1. The second kappa shape index (κ2) is 5.35. The Balaban J connectivity index is 2.83. The van der Waals surface area contributed by atoms with Gasteiger partial charge in [-0.05, 0) is 13.8 Å². The van der Waals surface area contributed by atoms with Gasteiger partial charge in [0.15, 0.2) is 0 Å². The molecule has 1 heterocycles. The average molecular weight is 215 g/mol. The van der Waals surface area contributed by atoms with Crippen molar-refractivity contribution in [1.29, 1.82) is 0 Å². The lowest BCUT2D eigenvalue weighted by Crippen LogP contribution is -2.01. The molecule has 0 aliphatic heterocycles. The maximum Gasteiger partial charge on any atom is 0.362 e. The van der Waals surface area contributed by atoms with Crippen LogP contribution in [0.25, 0.3) is 0 Å². The van der Waals surface area contributed by atoms with Crippen LogP contribution in [0.4, 0.5) is 0 Å². The van der Waals surface area contributed by atoms with E-state index in [9.17, 15) is 4.79 Å². The zero-order valence-corrected chi connectivity index (χ0v) is 8.65. The minimum absolute atomic E-state index is 0.0697. The van der Waals surface area contributed by atoms with Gasteiger partial charge in [-0.25, -0.2) is 9.78 Å². The summed E-state index contributed by atoms with van der Waals surface area (Å²) in [5, 5.41) is 8.79. The predicted octanol–water partition coefficient (Wildman–Crippen LogP) is 1.31. The van der Waals surface area contributed by atoms with Crippen molar-refractivity contribution >= 4 is 5.97 Å². The first-order valence-electron chi connectivity index (χ1n) is 4.62. The Hall–Kier alpha value is -1.56. The van der Waals surface area contributed by atoms with Crippen LogP contribution in [0.3, 0.4) is 0 Å². The van der Waals surface area contributed by atoms with E-state index in [0.717, 1.165) is 0 Å². The highest BCUT2D eigenvalue weighted by Crippen LogP contribution is 2.20. The van der Waals surface area contributed by atoms with Crippen molar-refractivity contribution in [2.75, 3.05) is 13.2 Å². The zero-order chi connectivity index (χ0) is 11.3. The number of nitrogens with zero attached hydrogens (tertiary/aromatic N) is 1. The molecule has 1 rings (SSSR count). The van der Waals surface area contributed by atoms with Gasteiger partial charge in [0.2, 0.25) is 11.6 Å². The fourth-order valence-electron chi connectivity index (χ4n) is 0.964. The van der Waals surface area contributed by atoms with Crippen LogP contribution in [0, 0.1) is 0 Å². The first kappa shape index (κ1) is 11.5. The van der Waals surface area contributed by atoms with E-state index < -0.39 is 5.97 Å². The fourth-order valence-corrected chi connectivity index (χ4v) is 0.964. The summed E-state index contributed by atoms with van der Waals surface area (Å²) in [5.41, 5.74) is -0.216. The van der Waals surface area contributed by atoms with Gasteiger partial charge in [0.05, 0.1) is 6.61 Å². The summed E-state index contributed by atoms with van der Waals surface area (Å²) in [6.07, 6.45) is 0. The van der Waals surface area contributed by atoms with E-state index in [0.29, 0.717) is 13.2 Å². The topological polar surface area (TPSA) is 81.8 Å². The molecule has 6 heteroatoms. The van der Waals surface area contributed by atoms with Crippen LogP contribution in [-0.4, -0.2) is 29.3 Å². The summed E-state index contributed by atoms with van der Waals surface area (Å²) in [6.45, 7) is 4.53. The summed E-state index contributed by atoms with van der Waals surface area (Å²) >= 11 is 0. The Morgan fingerprint density at radius 3 is 2.73 bits per heavy atom. The van der Waals surface area contributed by atoms with Crippen molar-refractivity contribution in [2.24, 2.45) is 0 Å². The number of carboxylic acids is 1. The number of carbonyl (C=O) groups is 1. The van der Waals surface area contributed by atoms with Crippen molar-refractivity contribution < 1.29 is 23.8 Å². The van der Waals surface area contributed by atoms with Crippen LogP contribution in [0.5, 0.6) is 5.95 Å². The number of oxazole rings is 1. The summed E-state index contributed by atoms with van der Waals surface area (Å²) in [7, 11) is 0. The molecule has 0 radical (unpaired) electrons. The molecule has 0 saturated carbocycles. The highest BCUT2D eigenvalue weighted by atomic mass is 16.6. The zero-order valence-electron chi connectivity index (χ0n) is 8.65. The summed E-state index contributed by atoms with van der Waals surface area (Å²) in [4.78, 5) is 14.5. The standard InChI is InChI=1S/C9H13NO5/c1-3-13-5-6-10-7(8(11)12)9(15-6)14-4-2/h3-5H2,1-2H3,(H,11,12). The molecular formula is C9H13NO5. The lowest BCUT2D eigenvalue weighted by atomic mass is 10.5. The monoisotopic (exact) mass is 215 g/mol. The molecule has 0 aliphatic carbocycles. The lowest BCUT2D eigenvalue weighted by molar-refractivity contribution is 0.0683. The molecule has 0 fully saturated rings. The highest BCUT2D eigenvalue weighted by molar-refractivity contribution is 5.87. The molecule has 0 saturated heterocycles. The van der Waals surface area contributed by atoms with Crippen molar-refractivity contribution in [3.8, 4) is 5.95 Å². The molecular weight excluding hydrogens is 202 g/mol. The van der Waals surface area contributed by atoms with Crippen molar-refractivity contribution in [2.45, 2.75) is 20.5 Å². The Bertz CT molecular complexity index is 333. The van der Waals surface area contributed by atoms with Gasteiger partial charge in [-0.3, -0.25) is 0 Å². The van der Waals surface area contributed by atoms with E-state index >= 15 is 0 Å². The second-order valence-corrected chi connectivity index (χ2v) is 2.62. The van der Waals surface area contributed by atoms with Gasteiger partial charge in [-0.2, -0.15) is 0 Å². The first-order valence-corrected chi connectivity index (χ1v) is 4.62. The Morgan fingerprint density at radius 1 is 1.47 bits per heavy atom. The van der Waals surface area contributed by atoms with Gasteiger partial charge in [0, 0.05) is 6.61 Å². The van der Waals surface area contributed by atoms with Gasteiger partial charge in [-0.15, -0.1) is 0 Å². The van der Waals surface area contributed by atoms with Crippen LogP contribution in [0.2, 0.25) is 0 Å². The lowest BCUT2D eigenvalue weighted by Gasteiger charge is -1.97. The van der Waals surface area contributed by atoms with Gasteiger partial charge < -0.3 is 19.0 Å². The molecule has 0 amide bonds. The van der Waals surface area contributed by atoms with Gasteiger partial charge in [0.25, 0.3) is 0 Å². The largest absolute Gasteiger partial charge is 0.476 e. The molecule has 1 aromatic heterocycles. The average Bonchev–Trinajstić information content (AvgIpc) is 2.59. The molecule has 84 valence electrons. The summed E-state index contributed by atoms with van der Waals surface area (Å²) < 4.78 is 15.1. The molecule has 0 spiro atoms. The molecule has 6 nitrogen and oxygen atoms in total. The van der Waals surface area contributed by atoms with Crippen LogP contribution in [0.15, 0.2) is 4.42 Å². The van der Waals surface area contributed by atoms with E-state index in [2.05, 4.69) is 4.98 Å². The third kappa shape index (κ3) is 2.95. The van der Waals surface area contributed by atoms with Gasteiger partial charge in [0.1, 0.15) is 6.61 Å². The molecule has 0 aromatic carbocycles. The molecule has 0 bridgehead atoms. The van der Waals surface area contributed by atoms with Crippen LogP contribution in [-0.2, 0) is 11.3 Å². The van der Waals surface area contributed by atoms with E-state index in [1.807, 2.05) is 6.92 Å². The number of carboxylic acid groups (broad SMARTS) is 1. The molecule has 0 unspecified atom stereocenters. The normalized spacial score (nSPS) is 10.3. The maximum atomic E-state index is 10.7.